The summed E-state index contributed by atoms with van der Waals surface area (Å²) in [7, 11) is 0. The second-order valence-electron chi connectivity index (χ2n) is 3.31. The average Bonchev–Trinajstić information content (AvgIpc) is 2.16. The van der Waals surface area contributed by atoms with Crippen LogP contribution in [0.25, 0.3) is 0 Å². The van der Waals surface area contributed by atoms with Crippen LogP contribution < -0.4 is 5.73 Å². The van der Waals surface area contributed by atoms with Gasteiger partial charge in [0.15, 0.2) is 5.78 Å². The van der Waals surface area contributed by atoms with Gasteiger partial charge in [0.05, 0.1) is 12.6 Å². The summed E-state index contributed by atoms with van der Waals surface area (Å²) in [5.74, 6) is 0.000531. The number of rotatable bonds is 4. The third kappa shape index (κ3) is 3.32. The van der Waals surface area contributed by atoms with E-state index in [1.807, 2.05) is 0 Å². The first-order valence-electron chi connectivity index (χ1n) is 4.66. The molecular formula is C9H17NO2. The van der Waals surface area contributed by atoms with Gasteiger partial charge < -0.3 is 10.5 Å². The minimum atomic E-state index is 0.000531. The van der Waals surface area contributed by atoms with E-state index in [4.69, 9.17) is 10.5 Å². The molecule has 0 aromatic heterocycles. The van der Waals surface area contributed by atoms with Crippen LogP contribution in [0.3, 0.4) is 0 Å². The Morgan fingerprint density at radius 3 is 2.58 bits per heavy atom. The van der Waals surface area contributed by atoms with Crippen LogP contribution in [0.5, 0.6) is 0 Å². The maximum Gasteiger partial charge on any atom is 0.171 e. The van der Waals surface area contributed by atoms with E-state index in [2.05, 4.69) is 0 Å². The molecule has 0 aliphatic heterocycles. The molecule has 0 atom stereocenters. The van der Waals surface area contributed by atoms with Crippen LogP contribution in [0.1, 0.15) is 32.1 Å². The lowest BCUT2D eigenvalue weighted by molar-refractivity contribution is -0.124. The maximum absolute atomic E-state index is 10.8. The molecule has 0 aromatic rings. The zero-order valence-corrected chi connectivity index (χ0v) is 7.42. The van der Waals surface area contributed by atoms with Gasteiger partial charge in [-0.3, -0.25) is 4.79 Å². The fourth-order valence-corrected chi connectivity index (χ4v) is 1.50. The highest BCUT2D eigenvalue weighted by molar-refractivity contribution is 5.81. The summed E-state index contributed by atoms with van der Waals surface area (Å²) >= 11 is 0. The molecule has 0 amide bonds. The Bertz CT molecular complexity index is 141. The van der Waals surface area contributed by atoms with E-state index >= 15 is 0 Å². The standard InChI is InChI=1S/C9H17NO2/c10-6-8(11)7-12-9-4-2-1-3-5-9/h9H,1-7,10H2. The summed E-state index contributed by atoms with van der Waals surface area (Å²) < 4.78 is 5.41. The molecule has 0 spiro atoms. The Morgan fingerprint density at radius 1 is 1.33 bits per heavy atom. The summed E-state index contributed by atoms with van der Waals surface area (Å²) in [6.45, 7) is 0.313. The van der Waals surface area contributed by atoms with E-state index in [9.17, 15) is 4.79 Å². The van der Waals surface area contributed by atoms with Gasteiger partial charge in [-0.05, 0) is 12.8 Å². The summed E-state index contributed by atoms with van der Waals surface area (Å²) in [6.07, 6.45) is 6.32. The lowest BCUT2D eigenvalue weighted by Crippen LogP contribution is -2.24. The number of hydrogen-bond donors (Lipinski definition) is 1. The smallest absolute Gasteiger partial charge is 0.171 e. The van der Waals surface area contributed by atoms with E-state index in [1.54, 1.807) is 0 Å². The number of hydrogen-bond acceptors (Lipinski definition) is 3. The molecule has 0 saturated heterocycles. The van der Waals surface area contributed by atoms with Crippen molar-refractivity contribution in [2.75, 3.05) is 13.2 Å². The molecule has 1 saturated carbocycles. The van der Waals surface area contributed by atoms with E-state index in [1.165, 1.54) is 19.3 Å². The molecule has 0 aromatic carbocycles. The lowest BCUT2D eigenvalue weighted by Gasteiger charge is -2.21. The average molecular weight is 171 g/mol. The number of ether oxygens (including phenoxy) is 1. The van der Waals surface area contributed by atoms with Crippen LogP contribution in [0.4, 0.5) is 0 Å². The van der Waals surface area contributed by atoms with Crippen molar-refractivity contribution in [3.05, 3.63) is 0 Å². The first kappa shape index (κ1) is 9.68. The van der Waals surface area contributed by atoms with Crippen LogP contribution in [0.2, 0.25) is 0 Å². The van der Waals surface area contributed by atoms with Crippen molar-refractivity contribution in [3.63, 3.8) is 0 Å². The molecular weight excluding hydrogens is 154 g/mol. The summed E-state index contributed by atoms with van der Waals surface area (Å²) in [4.78, 5) is 10.8. The zero-order valence-electron chi connectivity index (χ0n) is 7.42. The van der Waals surface area contributed by atoms with Gasteiger partial charge >= 0.3 is 0 Å². The predicted molar refractivity (Wildman–Crippen MR) is 46.9 cm³/mol. The summed E-state index contributed by atoms with van der Waals surface area (Å²) in [6, 6.07) is 0. The molecule has 1 fully saturated rings. The van der Waals surface area contributed by atoms with Crippen molar-refractivity contribution < 1.29 is 9.53 Å². The number of ketones is 1. The van der Waals surface area contributed by atoms with Crippen molar-refractivity contribution in [1.82, 2.24) is 0 Å². The highest BCUT2D eigenvalue weighted by Gasteiger charge is 2.14. The minimum Gasteiger partial charge on any atom is -0.370 e. The predicted octanol–water partition coefficient (Wildman–Crippen LogP) is 0.863. The van der Waals surface area contributed by atoms with Crippen LogP contribution in [0, 0.1) is 0 Å². The largest absolute Gasteiger partial charge is 0.370 e. The van der Waals surface area contributed by atoms with Crippen LogP contribution in [-0.2, 0) is 9.53 Å². The van der Waals surface area contributed by atoms with E-state index in [0.717, 1.165) is 12.8 Å². The Kier molecular flexibility index (Phi) is 4.25. The Morgan fingerprint density at radius 2 is 2.00 bits per heavy atom. The third-order valence-electron chi connectivity index (χ3n) is 2.26. The number of Topliss-reactive ketones (excluding diaryl/α,β-unsaturated/α-hetero) is 1. The van der Waals surface area contributed by atoms with Crippen LogP contribution >= 0.6 is 0 Å². The second-order valence-corrected chi connectivity index (χ2v) is 3.31. The highest BCUT2D eigenvalue weighted by Crippen LogP contribution is 2.19. The minimum absolute atomic E-state index is 0.000531. The number of carbonyl (C=O) groups excluding carboxylic acids is 1. The molecule has 0 unspecified atom stereocenters. The highest BCUT2D eigenvalue weighted by atomic mass is 16.5. The van der Waals surface area contributed by atoms with Crippen molar-refractivity contribution in [2.45, 2.75) is 38.2 Å². The molecule has 0 heterocycles. The normalized spacial score (nSPS) is 19.4. The van der Waals surface area contributed by atoms with Gasteiger partial charge in [-0.25, -0.2) is 0 Å². The van der Waals surface area contributed by atoms with E-state index < -0.39 is 0 Å². The Balaban J connectivity index is 2.09. The number of carbonyl (C=O) groups is 1. The maximum atomic E-state index is 10.8. The fraction of sp³-hybridized carbons (Fsp3) is 0.889. The molecule has 1 rings (SSSR count). The Hall–Kier alpha value is -0.410. The zero-order chi connectivity index (χ0) is 8.81. The molecule has 3 heteroatoms. The van der Waals surface area contributed by atoms with Gasteiger partial charge in [0.25, 0.3) is 0 Å². The van der Waals surface area contributed by atoms with Gasteiger partial charge in [-0.2, -0.15) is 0 Å². The topological polar surface area (TPSA) is 52.3 Å². The fourth-order valence-electron chi connectivity index (χ4n) is 1.50. The van der Waals surface area contributed by atoms with Gasteiger partial charge in [-0.1, -0.05) is 19.3 Å². The lowest BCUT2D eigenvalue weighted by atomic mass is 9.98. The molecule has 2 N–H and O–H groups in total. The van der Waals surface area contributed by atoms with Gasteiger partial charge in [-0.15, -0.1) is 0 Å². The summed E-state index contributed by atoms with van der Waals surface area (Å²) in [5.41, 5.74) is 5.16. The van der Waals surface area contributed by atoms with Crippen molar-refractivity contribution >= 4 is 5.78 Å². The first-order chi connectivity index (χ1) is 5.83. The van der Waals surface area contributed by atoms with Gasteiger partial charge in [0.1, 0.15) is 6.61 Å². The van der Waals surface area contributed by atoms with Crippen molar-refractivity contribution in [1.29, 1.82) is 0 Å². The third-order valence-corrected chi connectivity index (χ3v) is 2.26. The molecule has 70 valence electrons. The van der Waals surface area contributed by atoms with E-state index in [0.29, 0.717) is 6.10 Å². The van der Waals surface area contributed by atoms with Crippen LogP contribution in [0.15, 0.2) is 0 Å². The molecule has 1 aliphatic carbocycles. The molecule has 12 heavy (non-hydrogen) atoms. The molecule has 0 radical (unpaired) electrons. The van der Waals surface area contributed by atoms with Gasteiger partial charge in [0.2, 0.25) is 0 Å². The number of nitrogens with two attached hydrogens (primary N) is 1. The quantitative estimate of drug-likeness (QED) is 0.682. The molecule has 1 aliphatic rings. The van der Waals surface area contributed by atoms with Crippen LogP contribution in [-0.4, -0.2) is 25.0 Å². The van der Waals surface area contributed by atoms with Crippen molar-refractivity contribution in [2.24, 2.45) is 5.73 Å². The van der Waals surface area contributed by atoms with Crippen molar-refractivity contribution in [3.8, 4) is 0 Å². The molecule has 3 nitrogen and oxygen atoms in total. The van der Waals surface area contributed by atoms with Gasteiger partial charge in [0, 0.05) is 0 Å². The second kappa shape index (κ2) is 5.27. The summed E-state index contributed by atoms with van der Waals surface area (Å²) in [5, 5.41) is 0. The Labute approximate surface area is 73.3 Å². The van der Waals surface area contributed by atoms with E-state index in [-0.39, 0.29) is 18.9 Å². The SMILES string of the molecule is NCC(=O)COC1CCCCC1. The monoisotopic (exact) mass is 171 g/mol. The first-order valence-corrected chi connectivity index (χ1v) is 4.66. The molecule has 0 bridgehead atoms.